The van der Waals surface area contributed by atoms with E-state index in [1.54, 1.807) is 0 Å². The van der Waals surface area contributed by atoms with Crippen LogP contribution in [0.1, 0.15) is 5.69 Å². The molecule has 0 unspecified atom stereocenters. The smallest absolute Gasteiger partial charge is 0.109 e. The van der Waals surface area contributed by atoms with Gasteiger partial charge < -0.3 is 0 Å². The molecule has 0 aliphatic carbocycles. The zero-order chi connectivity index (χ0) is 9.10. The molecule has 0 bridgehead atoms. The third-order valence-corrected chi connectivity index (χ3v) is 2.55. The summed E-state index contributed by atoms with van der Waals surface area (Å²) in [6, 6.07) is 9.95. The highest BCUT2D eigenvalue weighted by Crippen LogP contribution is 2.22. The fraction of sp³-hybridized carbons (Fsp3) is 0.111. The first-order chi connectivity index (χ1) is 6.42. The molecule has 0 atom stereocenters. The Hall–Kier alpha value is -0.930. The van der Waals surface area contributed by atoms with Crippen molar-refractivity contribution in [2.24, 2.45) is 0 Å². The first-order valence-corrected chi connectivity index (χ1v) is 5.11. The van der Waals surface area contributed by atoms with E-state index in [0.717, 1.165) is 17.0 Å². The van der Waals surface area contributed by atoms with Gasteiger partial charge in [-0.2, -0.15) is 8.75 Å². The molecule has 0 saturated carbocycles. The van der Waals surface area contributed by atoms with Gasteiger partial charge in [0.05, 0.1) is 23.3 Å². The van der Waals surface area contributed by atoms with Gasteiger partial charge >= 0.3 is 0 Å². The minimum absolute atomic E-state index is 0.417. The topological polar surface area (TPSA) is 25.8 Å². The molecule has 2 aromatic rings. The van der Waals surface area contributed by atoms with Crippen LogP contribution in [0.25, 0.3) is 11.3 Å². The fourth-order valence-electron chi connectivity index (χ4n) is 1.11. The standard InChI is InChI=1S/C9H7ClN2S/c10-6-8-9(12-13-11-8)7-4-2-1-3-5-7/h1-5H,6H2. The maximum Gasteiger partial charge on any atom is 0.109 e. The third-order valence-electron chi connectivity index (χ3n) is 1.73. The molecule has 13 heavy (non-hydrogen) atoms. The molecular weight excluding hydrogens is 204 g/mol. The lowest BCUT2D eigenvalue weighted by Gasteiger charge is -1.96. The number of alkyl halides is 1. The SMILES string of the molecule is ClCc1nsnc1-c1ccccc1. The minimum atomic E-state index is 0.417. The highest BCUT2D eigenvalue weighted by atomic mass is 35.5. The van der Waals surface area contributed by atoms with E-state index in [4.69, 9.17) is 11.6 Å². The Morgan fingerprint density at radius 2 is 1.92 bits per heavy atom. The van der Waals surface area contributed by atoms with Crippen molar-refractivity contribution in [3.05, 3.63) is 36.0 Å². The van der Waals surface area contributed by atoms with Gasteiger partial charge in [-0.15, -0.1) is 11.6 Å². The van der Waals surface area contributed by atoms with Crippen molar-refractivity contribution in [3.8, 4) is 11.3 Å². The largest absolute Gasteiger partial charge is 0.176 e. The summed E-state index contributed by atoms with van der Waals surface area (Å²) in [5.74, 6) is 0.417. The van der Waals surface area contributed by atoms with Crippen LogP contribution >= 0.6 is 23.3 Å². The molecule has 1 heterocycles. The normalized spacial score (nSPS) is 10.2. The minimum Gasteiger partial charge on any atom is -0.176 e. The summed E-state index contributed by atoms with van der Waals surface area (Å²) >= 11 is 6.93. The van der Waals surface area contributed by atoms with Gasteiger partial charge in [-0.25, -0.2) is 0 Å². The maximum atomic E-state index is 5.73. The highest BCUT2D eigenvalue weighted by molar-refractivity contribution is 6.99. The Morgan fingerprint density at radius 3 is 2.62 bits per heavy atom. The average molecular weight is 211 g/mol. The number of aromatic nitrogens is 2. The van der Waals surface area contributed by atoms with Gasteiger partial charge in [0.25, 0.3) is 0 Å². The average Bonchev–Trinajstić information content (AvgIpc) is 2.67. The van der Waals surface area contributed by atoms with Gasteiger partial charge in [-0.3, -0.25) is 0 Å². The first-order valence-electron chi connectivity index (χ1n) is 3.84. The van der Waals surface area contributed by atoms with E-state index in [1.807, 2.05) is 30.3 Å². The molecule has 0 fully saturated rings. The molecule has 0 N–H and O–H groups in total. The van der Waals surface area contributed by atoms with Crippen LogP contribution < -0.4 is 0 Å². The molecular formula is C9H7ClN2S. The van der Waals surface area contributed by atoms with Crippen LogP contribution in [-0.4, -0.2) is 8.75 Å². The molecule has 66 valence electrons. The molecule has 0 amide bonds. The number of hydrogen-bond acceptors (Lipinski definition) is 3. The highest BCUT2D eigenvalue weighted by Gasteiger charge is 2.07. The van der Waals surface area contributed by atoms with Crippen LogP contribution in [0, 0.1) is 0 Å². The van der Waals surface area contributed by atoms with Crippen LogP contribution in [0.15, 0.2) is 30.3 Å². The number of rotatable bonds is 2. The van der Waals surface area contributed by atoms with Crippen molar-refractivity contribution in [1.29, 1.82) is 0 Å². The molecule has 0 aliphatic heterocycles. The van der Waals surface area contributed by atoms with E-state index in [9.17, 15) is 0 Å². The van der Waals surface area contributed by atoms with E-state index in [-0.39, 0.29) is 0 Å². The van der Waals surface area contributed by atoms with Crippen molar-refractivity contribution >= 4 is 23.3 Å². The van der Waals surface area contributed by atoms with Crippen LogP contribution in [0.4, 0.5) is 0 Å². The number of halogens is 1. The molecule has 1 aromatic carbocycles. The number of benzene rings is 1. The second-order valence-corrected chi connectivity index (χ2v) is 3.35. The zero-order valence-electron chi connectivity index (χ0n) is 6.77. The van der Waals surface area contributed by atoms with E-state index in [1.165, 1.54) is 11.7 Å². The van der Waals surface area contributed by atoms with Crippen molar-refractivity contribution in [2.75, 3.05) is 0 Å². The summed E-state index contributed by atoms with van der Waals surface area (Å²) in [6.45, 7) is 0. The zero-order valence-corrected chi connectivity index (χ0v) is 8.35. The van der Waals surface area contributed by atoms with Gasteiger partial charge in [0.2, 0.25) is 0 Å². The molecule has 0 spiro atoms. The number of nitrogens with zero attached hydrogens (tertiary/aromatic N) is 2. The lowest BCUT2D eigenvalue weighted by atomic mass is 10.1. The molecule has 1 aromatic heterocycles. The summed E-state index contributed by atoms with van der Waals surface area (Å²) in [5.41, 5.74) is 2.84. The predicted octanol–water partition coefficient (Wildman–Crippen LogP) is 2.94. The summed E-state index contributed by atoms with van der Waals surface area (Å²) in [4.78, 5) is 0. The monoisotopic (exact) mass is 210 g/mol. The van der Waals surface area contributed by atoms with Crippen LogP contribution in [0.3, 0.4) is 0 Å². The van der Waals surface area contributed by atoms with Crippen molar-refractivity contribution in [3.63, 3.8) is 0 Å². The molecule has 0 saturated heterocycles. The quantitative estimate of drug-likeness (QED) is 0.713. The van der Waals surface area contributed by atoms with Crippen LogP contribution in [-0.2, 0) is 5.88 Å². The van der Waals surface area contributed by atoms with E-state index >= 15 is 0 Å². The van der Waals surface area contributed by atoms with Gasteiger partial charge in [-0.1, -0.05) is 30.3 Å². The molecule has 2 nitrogen and oxygen atoms in total. The van der Waals surface area contributed by atoms with E-state index in [0.29, 0.717) is 5.88 Å². The van der Waals surface area contributed by atoms with E-state index < -0.39 is 0 Å². The lowest BCUT2D eigenvalue weighted by Crippen LogP contribution is -1.83. The van der Waals surface area contributed by atoms with E-state index in [2.05, 4.69) is 8.75 Å². The lowest BCUT2D eigenvalue weighted by molar-refractivity contribution is 1.27. The van der Waals surface area contributed by atoms with Gasteiger partial charge in [0, 0.05) is 5.56 Å². The maximum absolute atomic E-state index is 5.73. The summed E-state index contributed by atoms with van der Waals surface area (Å²) < 4.78 is 8.31. The van der Waals surface area contributed by atoms with Crippen LogP contribution in [0.2, 0.25) is 0 Å². The Morgan fingerprint density at radius 1 is 1.15 bits per heavy atom. The Bertz CT molecular complexity index is 386. The fourth-order valence-corrected chi connectivity index (χ4v) is 1.95. The summed E-state index contributed by atoms with van der Waals surface area (Å²) in [6.07, 6.45) is 0. The van der Waals surface area contributed by atoms with Gasteiger partial charge in [0.15, 0.2) is 0 Å². The Labute approximate surface area is 85.5 Å². The third kappa shape index (κ3) is 1.71. The van der Waals surface area contributed by atoms with Gasteiger partial charge in [0.1, 0.15) is 5.69 Å². The second-order valence-electron chi connectivity index (χ2n) is 2.56. The first kappa shape index (κ1) is 8.66. The van der Waals surface area contributed by atoms with Gasteiger partial charge in [-0.05, 0) is 0 Å². The molecule has 0 radical (unpaired) electrons. The summed E-state index contributed by atoms with van der Waals surface area (Å²) in [7, 11) is 0. The van der Waals surface area contributed by atoms with Crippen LogP contribution in [0.5, 0.6) is 0 Å². The van der Waals surface area contributed by atoms with Crippen molar-refractivity contribution in [2.45, 2.75) is 5.88 Å². The Balaban J connectivity index is 2.47. The molecule has 0 aliphatic rings. The predicted molar refractivity (Wildman–Crippen MR) is 54.9 cm³/mol. The molecule has 4 heteroatoms. The number of hydrogen-bond donors (Lipinski definition) is 0. The van der Waals surface area contributed by atoms with Crippen molar-refractivity contribution in [1.82, 2.24) is 8.75 Å². The second kappa shape index (κ2) is 3.85. The summed E-state index contributed by atoms with van der Waals surface area (Å²) in [5, 5.41) is 0. The molecule has 2 rings (SSSR count). The van der Waals surface area contributed by atoms with Crippen molar-refractivity contribution < 1.29 is 0 Å². The Kier molecular flexibility index (Phi) is 2.57.